The van der Waals surface area contributed by atoms with Crippen LogP contribution in [-0.4, -0.2) is 29.1 Å². The summed E-state index contributed by atoms with van der Waals surface area (Å²) in [7, 11) is 0. The molecule has 19 heavy (non-hydrogen) atoms. The molecule has 1 N–H and O–H groups in total. The van der Waals surface area contributed by atoms with E-state index in [-0.39, 0.29) is 11.7 Å². The van der Waals surface area contributed by atoms with E-state index >= 15 is 0 Å². The van der Waals surface area contributed by atoms with Crippen LogP contribution in [0.3, 0.4) is 0 Å². The maximum absolute atomic E-state index is 12.7. The van der Waals surface area contributed by atoms with Crippen molar-refractivity contribution in [3.05, 3.63) is 0 Å². The number of amides is 1. The van der Waals surface area contributed by atoms with E-state index in [0.29, 0.717) is 17.2 Å². The van der Waals surface area contributed by atoms with E-state index in [2.05, 4.69) is 31.0 Å². The Bertz CT molecular complexity index is 367. The SMILES string of the molecule is CC(C)CC1NC2(CC2)C(=O)N1CC1(C)CCCC1. The number of rotatable bonds is 4. The summed E-state index contributed by atoms with van der Waals surface area (Å²) in [4.78, 5) is 14.9. The summed E-state index contributed by atoms with van der Waals surface area (Å²) in [6.45, 7) is 7.84. The quantitative estimate of drug-likeness (QED) is 0.847. The Morgan fingerprint density at radius 2 is 1.89 bits per heavy atom. The highest BCUT2D eigenvalue weighted by molar-refractivity contribution is 5.91. The standard InChI is InChI=1S/C16H28N2O/c1-12(2)10-13-17-16(8-9-16)14(19)18(13)11-15(3)6-4-5-7-15/h12-13,17H,4-11H2,1-3H3. The van der Waals surface area contributed by atoms with E-state index in [4.69, 9.17) is 0 Å². The molecule has 3 nitrogen and oxygen atoms in total. The molecule has 0 aromatic heterocycles. The minimum Gasteiger partial charge on any atom is -0.325 e. The van der Waals surface area contributed by atoms with E-state index in [1.54, 1.807) is 0 Å². The normalized spacial score (nSPS) is 31.7. The Morgan fingerprint density at radius 3 is 2.42 bits per heavy atom. The first-order chi connectivity index (χ1) is 8.94. The van der Waals surface area contributed by atoms with Gasteiger partial charge in [0.05, 0.1) is 11.7 Å². The van der Waals surface area contributed by atoms with Crippen LogP contribution in [0.2, 0.25) is 0 Å². The maximum atomic E-state index is 12.7. The predicted octanol–water partition coefficient (Wildman–Crippen LogP) is 2.90. The fraction of sp³-hybridized carbons (Fsp3) is 0.938. The molecule has 3 rings (SSSR count). The second kappa shape index (κ2) is 4.47. The van der Waals surface area contributed by atoms with E-state index in [1.165, 1.54) is 25.7 Å². The third kappa shape index (κ3) is 2.42. The lowest BCUT2D eigenvalue weighted by Crippen LogP contribution is -2.43. The van der Waals surface area contributed by atoms with Gasteiger partial charge in [-0.05, 0) is 43.4 Å². The van der Waals surface area contributed by atoms with Crippen molar-refractivity contribution in [1.82, 2.24) is 10.2 Å². The molecule has 3 heteroatoms. The Hall–Kier alpha value is -0.570. The molecule has 1 spiro atoms. The van der Waals surface area contributed by atoms with Crippen LogP contribution in [0.5, 0.6) is 0 Å². The van der Waals surface area contributed by atoms with Gasteiger partial charge in [0, 0.05) is 6.54 Å². The monoisotopic (exact) mass is 264 g/mol. The van der Waals surface area contributed by atoms with Crippen molar-refractivity contribution in [1.29, 1.82) is 0 Å². The lowest BCUT2D eigenvalue weighted by atomic mass is 9.88. The van der Waals surface area contributed by atoms with Crippen molar-refractivity contribution < 1.29 is 4.79 Å². The predicted molar refractivity (Wildman–Crippen MR) is 76.6 cm³/mol. The van der Waals surface area contributed by atoms with Gasteiger partial charge in [0.15, 0.2) is 0 Å². The Morgan fingerprint density at radius 1 is 1.26 bits per heavy atom. The van der Waals surface area contributed by atoms with E-state index in [0.717, 1.165) is 25.8 Å². The molecule has 1 atom stereocenters. The molecular formula is C16H28N2O. The number of hydrogen-bond donors (Lipinski definition) is 1. The fourth-order valence-electron chi connectivity index (χ4n) is 3.97. The van der Waals surface area contributed by atoms with Crippen LogP contribution in [0.4, 0.5) is 0 Å². The molecule has 3 aliphatic rings. The zero-order chi connectivity index (χ0) is 13.7. The molecule has 1 saturated heterocycles. The first-order valence-electron chi connectivity index (χ1n) is 8.03. The topological polar surface area (TPSA) is 32.3 Å². The zero-order valence-corrected chi connectivity index (χ0v) is 12.7. The molecule has 108 valence electrons. The highest BCUT2D eigenvalue weighted by Crippen LogP contribution is 2.46. The Balaban J connectivity index is 1.74. The van der Waals surface area contributed by atoms with Crippen LogP contribution in [0.25, 0.3) is 0 Å². The summed E-state index contributed by atoms with van der Waals surface area (Å²) in [5, 5.41) is 3.64. The van der Waals surface area contributed by atoms with Gasteiger partial charge in [0.2, 0.25) is 5.91 Å². The number of hydrogen-bond acceptors (Lipinski definition) is 2. The number of carbonyl (C=O) groups excluding carboxylic acids is 1. The first-order valence-corrected chi connectivity index (χ1v) is 8.03. The molecule has 0 radical (unpaired) electrons. The number of carbonyl (C=O) groups is 1. The minimum absolute atomic E-state index is 0.144. The number of nitrogens with one attached hydrogen (secondary N) is 1. The van der Waals surface area contributed by atoms with E-state index in [1.807, 2.05) is 0 Å². The van der Waals surface area contributed by atoms with Crippen LogP contribution in [0, 0.1) is 11.3 Å². The van der Waals surface area contributed by atoms with Crippen molar-refractivity contribution in [3.63, 3.8) is 0 Å². The average molecular weight is 264 g/mol. The van der Waals surface area contributed by atoms with Gasteiger partial charge < -0.3 is 4.90 Å². The van der Waals surface area contributed by atoms with Crippen LogP contribution in [-0.2, 0) is 4.79 Å². The van der Waals surface area contributed by atoms with Crippen LogP contribution in [0.15, 0.2) is 0 Å². The highest BCUT2D eigenvalue weighted by Gasteiger charge is 2.59. The van der Waals surface area contributed by atoms with Crippen molar-refractivity contribution in [2.24, 2.45) is 11.3 Å². The largest absolute Gasteiger partial charge is 0.325 e. The van der Waals surface area contributed by atoms with Gasteiger partial charge in [-0.3, -0.25) is 10.1 Å². The lowest BCUT2D eigenvalue weighted by Gasteiger charge is -2.34. The highest BCUT2D eigenvalue weighted by atomic mass is 16.2. The van der Waals surface area contributed by atoms with Gasteiger partial charge in [-0.25, -0.2) is 0 Å². The van der Waals surface area contributed by atoms with Crippen LogP contribution >= 0.6 is 0 Å². The average Bonchev–Trinajstić information content (AvgIpc) is 2.92. The molecule has 1 aliphatic heterocycles. The summed E-state index contributed by atoms with van der Waals surface area (Å²) in [6.07, 6.45) is 8.73. The van der Waals surface area contributed by atoms with Crippen LogP contribution in [0.1, 0.15) is 65.7 Å². The first kappa shape index (κ1) is 13.4. The van der Waals surface area contributed by atoms with Gasteiger partial charge in [-0.15, -0.1) is 0 Å². The molecular weight excluding hydrogens is 236 g/mol. The minimum atomic E-state index is -0.144. The van der Waals surface area contributed by atoms with Crippen LogP contribution < -0.4 is 5.32 Å². The molecule has 1 unspecified atom stereocenters. The molecule has 0 aromatic rings. The third-order valence-electron chi connectivity index (χ3n) is 5.30. The van der Waals surface area contributed by atoms with Crippen molar-refractivity contribution in [2.75, 3.05) is 6.54 Å². The summed E-state index contributed by atoms with van der Waals surface area (Å²) in [5.41, 5.74) is 0.224. The van der Waals surface area contributed by atoms with Crippen molar-refractivity contribution >= 4 is 5.91 Å². The van der Waals surface area contributed by atoms with Crippen molar-refractivity contribution in [3.8, 4) is 0 Å². The second-order valence-corrected chi connectivity index (χ2v) is 7.82. The molecule has 2 aliphatic carbocycles. The number of nitrogens with zero attached hydrogens (tertiary/aromatic N) is 1. The van der Waals surface area contributed by atoms with E-state index < -0.39 is 0 Å². The summed E-state index contributed by atoms with van der Waals surface area (Å²) >= 11 is 0. The van der Waals surface area contributed by atoms with Gasteiger partial charge >= 0.3 is 0 Å². The van der Waals surface area contributed by atoms with Crippen molar-refractivity contribution in [2.45, 2.75) is 77.4 Å². The molecule has 2 saturated carbocycles. The molecule has 3 fully saturated rings. The van der Waals surface area contributed by atoms with Gasteiger partial charge in [0.1, 0.15) is 0 Å². The van der Waals surface area contributed by atoms with Gasteiger partial charge in [0.25, 0.3) is 0 Å². The summed E-state index contributed by atoms with van der Waals surface area (Å²) in [6, 6.07) is 0. The van der Waals surface area contributed by atoms with Gasteiger partial charge in [-0.2, -0.15) is 0 Å². The summed E-state index contributed by atoms with van der Waals surface area (Å²) < 4.78 is 0. The Kier molecular flexibility index (Phi) is 3.16. The van der Waals surface area contributed by atoms with E-state index in [9.17, 15) is 4.79 Å². The van der Waals surface area contributed by atoms with Gasteiger partial charge in [-0.1, -0.05) is 33.6 Å². The Labute approximate surface area is 117 Å². The maximum Gasteiger partial charge on any atom is 0.244 e. The second-order valence-electron chi connectivity index (χ2n) is 7.82. The smallest absolute Gasteiger partial charge is 0.244 e. The lowest BCUT2D eigenvalue weighted by molar-refractivity contribution is -0.132. The fourth-order valence-corrected chi connectivity index (χ4v) is 3.97. The molecule has 0 bridgehead atoms. The molecule has 1 amide bonds. The molecule has 0 aromatic carbocycles. The zero-order valence-electron chi connectivity index (χ0n) is 12.7. The third-order valence-corrected chi connectivity index (χ3v) is 5.30. The molecule has 1 heterocycles. The summed E-state index contributed by atoms with van der Waals surface area (Å²) in [5.74, 6) is 1.03.